The quantitative estimate of drug-likeness (QED) is 0.703. The molecule has 0 fully saturated rings. The van der Waals surface area contributed by atoms with Gasteiger partial charge in [-0.25, -0.2) is 0 Å². The molecule has 1 aromatic heterocycles. The number of amides is 1. The predicted molar refractivity (Wildman–Crippen MR) is 107 cm³/mol. The summed E-state index contributed by atoms with van der Waals surface area (Å²) in [6.07, 6.45) is 1.57. The molecule has 1 N–H and O–H groups in total. The van der Waals surface area contributed by atoms with Crippen LogP contribution in [-0.4, -0.2) is 19.1 Å². The van der Waals surface area contributed by atoms with E-state index in [9.17, 15) is 4.79 Å². The highest BCUT2D eigenvalue weighted by atomic mass is 32.1. The van der Waals surface area contributed by atoms with E-state index < -0.39 is 0 Å². The molecule has 1 aliphatic rings. The Kier molecular flexibility index (Phi) is 5.39. The van der Waals surface area contributed by atoms with Gasteiger partial charge in [-0.3, -0.25) is 4.79 Å². The fraction of sp³-hybridized carbons (Fsp3) is 0.227. The first-order valence-corrected chi connectivity index (χ1v) is 9.95. The summed E-state index contributed by atoms with van der Waals surface area (Å²) in [4.78, 5) is 13.4. The molecule has 0 saturated heterocycles. The third-order valence-corrected chi connectivity index (χ3v) is 5.38. The van der Waals surface area contributed by atoms with Crippen molar-refractivity contribution in [1.29, 1.82) is 0 Å². The molecule has 5 heteroatoms. The minimum Gasteiger partial charge on any atom is -0.490 e. The third-order valence-electron chi connectivity index (χ3n) is 4.51. The van der Waals surface area contributed by atoms with Gasteiger partial charge in [0, 0.05) is 6.42 Å². The van der Waals surface area contributed by atoms with E-state index >= 15 is 0 Å². The zero-order chi connectivity index (χ0) is 18.5. The van der Waals surface area contributed by atoms with E-state index in [2.05, 4.69) is 17.4 Å². The average Bonchev–Trinajstić information content (AvgIpc) is 3.14. The molecule has 0 unspecified atom stereocenters. The highest BCUT2D eigenvalue weighted by molar-refractivity contribution is 7.12. The van der Waals surface area contributed by atoms with E-state index in [-0.39, 0.29) is 11.9 Å². The van der Waals surface area contributed by atoms with Gasteiger partial charge in [0.25, 0.3) is 5.91 Å². The number of benzene rings is 2. The van der Waals surface area contributed by atoms with Gasteiger partial charge in [0.2, 0.25) is 0 Å². The Labute approximate surface area is 162 Å². The summed E-state index contributed by atoms with van der Waals surface area (Å²) in [5.41, 5.74) is 2.18. The molecule has 0 spiro atoms. The smallest absolute Gasteiger partial charge is 0.261 e. The lowest BCUT2D eigenvalue weighted by atomic mass is 9.98. The van der Waals surface area contributed by atoms with Gasteiger partial charge in [0.1, 0.15) is 0 Å². The first-order valence-electron chi connectivity index (χ1n) is 9.07. The van der Waals surface area contributed by atoms with E-state index in [1.165, 1.54) is 16.9 Å². The number of nitrogens with one attached hydrogen (secondary N) is 1. The lowest BCUT2D eigenvalue weighted by Gasteiger charge is -2.20. The first kappa shape index (κ1) is 17.6. The fourth-order valence-electron chi connectivity index (χ4n) is 3.14. The van der Waals surface area contributed by atoms with Crippen LogP contribution in [0.4, 0.5) is 0 Å². The molecule has 0 bridgehead atoms. The van der Waals surface area contributed by atoms with Gasteiger partial charge in [-0.05, 0) is 41.1 Å². The summed E-state index contributed by atoms with van der Waals surface area (Å²) in [7, 11) is 0. The van der Waals surface area contributed by atoms with Crippen LogP contribution < -0.4 is 14.8 Å². The van der Waals surface area contributed by atoms with Crippen molar-refractivity contribution in [3.05, 3.63) is 82.0 Å². The molecule has 1 aliphatic heterocycles. The zero-order valence-corrected chi connectivity index (χ0v) is 15.7. The summed E-state index contributed by atoms with van der Waals surface area (Å²) in [5.74, 6) is 1.45. The number of hydrogen-bond acceptors (Lipinski definition) is 4. The van der Waals surface area contributed by atoms with E-state index in [1.54, 1.807) is 0 Å². The van der Waals surface area contributed by atoms with Crippen molar-refractivity contribution in [2.75, 3.05) is 13.2 Å². The monoisotopic (exact) mass is 379 g/mol. The van der Waals surface area contributed by atoms with Crippen molar-refractivity contribution in [2.45, 2.75) is 18.9 Å². The highest BCUT2D eigenvalue weighted by Gasteiger charge is 2.20. The number of thiophene rings is 1. The molecular weight excluding hydrogens is 358 g/mol. The molecule has 0 radical (unpaired) electrons. The number of carbonyl (C=O) groups is 1. The van der Waals surface area contributed by atoms with Crippen LogP contribution in [0.3, 0.4) is 0 Å². The third kappa shape index (κ3) is 4.31. The standard InChI is InChI=1S/C22H21NO3S/c24-22(21-8-4-13-27-21)23-18(14-16-6-2-1-3-7-16)17-9-10-19-20(15-17)26-12-5-11-25-19/h1-4,6-10,13,15,18H,5,11-12,14H2,(H,23,24)/t18-/m1/s1. The Bertz CT molecular complexity index is 893. The topological polar surface area (TPSA) is 47.6 Å². The van der Waals surface area contributed by atoms with Crippen LogP contribution in [0.1, 0.15) is 33.3 Å². The number of ether oxygens (including phenoxy) is 2. The van der Waals surface area contributed by atoms with Gasteiger partial charge < -0.3 is 14.8 Å². The highest BCUT2D eigenvalue weighted by Crippen LogP contribution is 2.33. The summed E-state index contributed by atoms with van der Waals surface area (Å²) in [6.45, 7) is 1.30. The van der Waals surface area contributed by atoms with Gasteiger partial charge in [0.05, 0.1) is 24.1 Å². The van der Waals surface area contributed by atoms with Crippen molar-refractivity contribution in [3.8, 4) is 11.5 Å². The van der Waals surface area contributed by atoms with Crippen molar-refractivity contribution in [2.24, 2.45) is 0 Å². The molecular formula is C22H21NO3S. The van der Waals surface area contributed by atoms with Gasteiger partial charge in [-0.15, -0.1) is 11.3 Å². The lowest BCUT2D eigenvalue weighted by molar-refractivity contribution is 0.0940. The summed E-state index contributed by atoms with van der Waals surface area (Å²) in [5, 5.41) is 5.09. The van der Waals surface area contributed by atoms with E-state index in [0.717, 1.165) is 23.5 Å². The molecule has 4 nitrogen and oxygen atoms in total. The molecule has 2 aromatic carbocycles. The number of rotatable bonds is 5. The molecule has 0 saturated carbocycles. The second-order valence-corrected chi connectivity index (χ2v) is 7.40. The Morgan fingerprint density at radius 1 is 1.00 bits per heavy atom. The number of hydrogen-bond donors (Lipinski definition) is 1. The van der Waals surface area contributed by atoms with Crippen LogP contribution >= 0.6 is 11.3 Å². The van der Waals surface area contributed by atoms with Crippen molar-refractivity contribution in [1.82, 2.24) is 5.32 Å². The van der Waals surface area contributed by atoms with E-state index in [1.807, 2.05) is 53.9 Å². The van der Waals surface area contributed by atoms with Crippen LogP contribution in [0.15, 0.2) is 66.0 Å². The Balaban J connectivity index is 1.62. The summed E-state index contributed by atoms with van der Waals surface area (Å²) >= 11 is 1.44. The SMILES string of the molecule is O=C(N[C@H](Cc1ccccc1)c1ccc2c(c1)OCCCO2)c1cccs1. The van der Waals surface area contributed by atoms with Gasteiger partial charge >= 0.3 is 0 Å². The molecule has 1 amide bonds. The molecule has 27 heavy (non-hydrogen) atoms. The predicted octanol–water partition coefficient (Wildman–Crippen LogP) is 4.62. The van der Waals surface area contributed by atoms with Gasteiger partial charge in [-0.1, -0.05) is 42.5 Å². The second kappa shape index (κ2) is 8.27. The minimum absolute atomic E-state index is 0.0574. The second-order valence-electron chi connectivity index (χ2n) is 6.45. The Morgan fingerprint density at radius 2 is 1.81 bits per heavy atom. The van der Waals surface area contributed by atoms with Crippen LogP contribution in [-0.2, 0) is 6.42 Å². The maximum atomic E-state index is 12.7. The molecule has 4 rings (SSSR count). The maximum Gasteiger partial charge on any atom is 0.261 e. The molecule has 3 aromatic rings. The van der Waals surface area contributed by atoms with Crippen molar-refractivity contribution >= 4 is 17.2 Å². The maximum absolute atomic E-state index is 12.7. The largest absolute Gasteiger partial charge is 0.490 e. The summed E-state index contributed by atoms with van der Waals surface area (Å²) < 4.78 is 11.6. The molecule has 2 heterocycles. The van der Waals surface area contributed by atoms with Crippen LogP contribution in [0, 0.1) is 0 Å². The molecule has 1 atom stereocenters. The Hall–Kier alpha value is -2.79. The number of fused-ring (bicyclic) bond motifs is 1. The Morgan fingerprint density at radius 3 is 2.59 bits per heavy atom. The van der Waals surface area contributed by atoms with Gasteiger partial charge in [-0.2, -0.15) is 0 Å². The normalized spacial score (nSPS) is 14.2. The van der Waals surface area contributed by atoms with E-state index in [4.69, 9.17) is 9.47 Å². The van der Waals surface area contributed by atoms with Crippen molar-refractivity contribution < 1.29 is 14.3 Å². The first-order chi connectivity index (χ1) is 13.3. The zero-order valence-electron chi connectivity index (χ0n) is 14.9. The van der Waals surface area contributed by atoms with E-state index in [0.29, 0.717) is 24.5 Å². The minimum atomic E-state index is -0.154. The fourth-order valence-corrected chi connectivity index (χ4v) is 3.76. The van der Waals surface area contributed by atoms with Crippen LogP contribution in [0.5, 0.6) is 11.5 Å². The van der Waals surface area contributed by atoms with Crippen molar-refractivity contribution in [3.63, 3.8) is 0 Å². The average molecular weight is 379 g/mol. The molecule has 0 aliphatic carbocycles. The lowest BCUT2D eigenvalue weighted by Crippen LogP contribution is -2.29. The number of carbonyl (C=O) groups excluding carboxylic acids is 1. The summed E-state index contributed by atoms with van der Waals surface area (Å²) in [6, 6.07) is 19.7. The van der Waals surface area contributed by atoms with Gasteiger partial charge in [0.15, 0.2) is 11.5 Å². The van der Waals surface area contributed by atoms with Crippen LogP contribution in [0.25, 0.3) is 0 Å². The molecule has 138 valence electrons. The van der Waals surface area contributed by atoms with Crippen LogP contribution in [0.2, 0.25) is 0 Å².